The topological polar surface area (TPSA) is 82.1 Å². The molecule has 7 heteroatoms. The van der Waals surface area contributed by atoms with E-state index >= 15 is 0 Å². The van der Waals surface area contributed by atoms with Crippen LogP contribution in [0.4, 0.5) is 10.5 Å². The van der Waals surface area contributed by atoms with Crippen LogP contribution in [0.5, 0.6) is 5.75 Å². The van der Waals surface area contributed by atoms with E-state index in [0.29, 0.717) is 19.5 Å². The number of aliphatic carboxylic acids is 1. The number of carboxylic acids is 1. The molecule has 0 bridgehead atoms. The third-order valence-electron chi connectivity index (χ3n) is 5.23. The smallest absolute Gasteiger partial charge is 0.317 e. The predicted octanol–water partition coefficient (Wildman–Crippen LogP) is 2.17. The van der Waals surface area contributed by atoms with Gasteiger partial charge < -0.3 is 25.0 Å². The van der Waals surface area contributed by atoms with Crippen molar-refractivity contribution < 1.29 is 19.4 Å². The number of amides is 2. The van der Waals surface area contributed by atoms with E-state index in [-0.39, 0.29) is 12.1 Å². The van der Waals surface area contributed by atoms with Crippen LogP contribution < -0.4 is 15.0 Å². The second-order valence-corrected chi connectivity index (χ2v) is 7.06. The molecule has 142 valence electrons. The zero-order valence-electron chi connectivity index (χ0n) is 15.2. The second kappa shape index (κ2) is 8.29. The zero-order chi connectivity index (χ0) is 18.5. The van der Waals surface area contributed by atoms with Gasteiger partial charge in [-0.15, -0.1) is 0 Å². The van der Waals surface area contributed by atoms with Gasteiger partial charge in [-0.3, -0.25) is 4.79 Å². The minimum Gasteiger partial charge on any atom is -0.497 e. The number of hydrogen-bond acceptors (Lipinski definition) is 4. The van der Waals surface area contributed by atoms with Crippen LogP contribution >= 0.6 is 0 Å². The Morgan fingerprint density at radius 3 is 2.77 bits per heavy atom. The second-order valence-electron chi connectivity index (χ2n) is 7.06. The third-order valence-corrected chi connectivity index (χ3v) is 5.23. The molecule has 0 aliphatic carbocycles. The fourth-order valence-electron chi connectivity index (χ4n) is 3.77. The third kappa shape index (κ3) is 4.39. The molecule has 2 N–H and O–H groups in total. The summed E-state index contributed by atoms with van der Waals surface area (Å²) in [5.41, 5.74) is 1.09. The van der Waals surface area contributed by atoms with Crippen LogP contribution in [0.2, 0.25) is 0 Å². The standard InChI is InChI=1S/C19H27N3O4/c1-26-17-8-2-7-16(11-17)21-9-4-6-15(13-21)20-19(25)22-10-3-5-14(12-22)18(23)24/h2,7-8,11,14-15H,3-6,9-10,12-13H2,1H3,(H,20,25)(H,23,24). The Labute approximate surface area is 153 Å². The number of hydrogen-bond donors (Lipinski definition) is 2. The molecule has 2 heterocycles. The Kier molecular flexibility index (Phi) is 5.85. The molecule has 1 aromatic carbocycles. The number of carbonyl (C=O) groups is 2. The molecule has 2 atom stereocenters. The van der Waals surface area contributed by atoms with Crippen molar-refractivity contribution in [2.45, 2.75) is 31.7 Å². The van der Waals surface area contributed by atoms with Crippen molar-refractivity contribution in [2.24, 2.45) is 5.92 Å². The molecule has 1 aromatic rings. The van der Waals surface area contributed by atoms with Gasteiger partial charge in [0.05, 0.1) is 13.0 Å². The van der Waals surface area contributed by atoms with Gasteiger partial charge in [0.2, 0.25) is 0 Å². The van der Waals surface area contributed by atoms with Crippen LogP contribution in [0.25, 0.3) is 0 Å². The lowest BCUT2D eigenvalue weighted by atomic mass is 9.98. The van der Waals surface area contributed by atoms with Gasteiger partial charge in [0.25, 0.3) is 0 Å². The number of likely N-dealkylation sites (tertiary alicyclic amines) is 1. The molecular formula is C19H27N3O4. The van der Waals surface area contributed by atoms with Gasteiger partial charge in [-0.1, -0.05) is 6.07 Å². The molecule has 26 heavy (non-hydrogen) atoms. The van der Waals surface area contributed by atoms with Crippen molar-refractivity contribution in [1.82, 2.24) is 10.2 Å². The molecule has 3 rings (SSSR count). The summed E-state index contributed by atoms with van der Waals surface area (Å²) in [5.74, 6) is -0.444. The summed E-state index contributed by atoms with van der Waals surface area (Å²) >= 11 is 0. The summed E-state index contributed by atoms with van der Waals surface area (Å²) < 4.78 is 5.29. The first-order valence-electron chi connectivity index (χ1n) is 9.24. The van der Waals surface area contributed by atoms with E-state index in [4.69, 9.17) is 4.74 Å². The van der Waals surface area contributed by atoms with Gasteiger partial charge in [0.15, 0.2) is 0 Å². The van der Waals surface area contributed by atoms with Crippen LogP contribution in [0.3, 0.4) is 0 Å². The number of rotatable bonds is 4. The summed E-state index contributed by atoms with van der Waals surface area (Å²) in [7, 11) is 1.65. The molecule has 7 nitrogen and oxygen atoms in total. The number of benzene rings is 1. The molecule has 0 radical (unpaired) electrons. The molecule has 0 aromatic heterocycles. The van der Waals surface area contributed by atoms with Gasteiger partial charge in [-0.25, -0.2) is 4.79 Å². The SMILES string of the molecule is COc1cccc(N2CCCC(NC(=O)N3CCCC(C(=O)O)C3)C2)c1. The van der Waals surface area contributed by atoms with Crippen molar-refractivity contribution in [3.63, 3.8) is 0 Å². The summed E-state index contributed by atoms with van der Waals surface area (Å²) in [4.78, 5) is 27.7. The molecule has 2 aliphatic heterocycles. The molecule has 2 aliphatic rings. The number of urea groups is 1. The van der Waals surface area contributed by atoms with Crippen LogP contribution in [0.15, 0.2) is 24.3 Å². The molecule has 2 fully saturated rings. The first-order chi connectivity index (χ1) is 12.6. The number of carboxylic acid groups (broad SMARTS) is 1. The van der Waals surface area contributed by atoms with Gasteiger partial charge >= 0.3 is 12.0 Å². The molecule has 2 amide bonds. The number of nitrogens with zero attached hydrogens (tertiary/aromatic N) is 2. The van der Waals surface area contributed by atoms with Crippen molar-refractivity contribution in [1.29, 1.82) is 0 Å². The van der Waals surface area contributed by atoms with Crippen LogP contribution in [-0.4, -0.2) is 61.3 Å². The Morgan fingerprint density at radius 2 is 2.00 bits per heavy atom. The molecule has 2 unspecified atom stereocenters. The van der Waals surface area contributed by atoms with Gasteiger partial charge in [0.1, 0.15) is 5.75 Å². The minimum atomic E-state index is -0.815. The summed E-state index contributed by atoms with van der Waals surface area (Å²) in [5, 5.41) is 12.3. The van der Waals surface area contributed by atoms with Crippen LogP contribution in [-0.2, 0) is 4.79 Å². The summed E-state index contributed by atoms with van der Waals surface area (Å²) in [6.07, 6.45) is 3.32. The highest BCUT2D eigenvalue weighted by molar-refractivity contribution is 5.77. The average molecular weight is 361 g/mol. The Morgan fingerprint density at radius 1 is 1.19 bits per heavy atom. The number of ether oxygens (including phenoxy) is 1. The number of piperidine rings is 2. The van der Waals surface area contributed by atoms with E-state index in [2.05, 4.69) is 16.3 Å². The molecule has 0 spiro atoms. The Balaban J connectivity index is 1.57. The van der Waals surface area contributed by atoms with E-state index in [1.807, 2.05) is 18.2 Å². The van der Waals surface area contributed by atoms with E-state index in [1.165, 1.54) is 0 Å². The Hall–Kier alpha value is -2.44. The molecule has 0 saturated carbocycles. The normalized spacial score (nSPS) is 23.4. The van der Waals surface area contributed by atoms with Crippen molar-refractivity contribution in [2.75, 3.05) is 38.2 Å². The largest absolute Gasteiger partial charge is 0.497 e. The van der Waals surface area contributed by atoms with Crippen LogP contribution in [0, 0.1) is 5.92 Å². The van der Waals surface area contributed by atoms with E-state index in [9.17, 15) is 14.7 Å². The quantitative estimate of drug-likeness (QED) is 0.859. The van der Waals surface area contributed by atoms with Crippen molar-refractivity contribution >= 4 is 17.7 Å². The number of carbonyl (C=O) groups excluding carboxylic acids is 1. The Bertz CT molecular complexity index is 651. The van der Waals surface area contributed by atoms with Crippen molar-refractivity contribution in [3.8, 4) is 5.75 Å². The highest BCUT2D eigenvalue weighted by atomic mass is 16.5. The number of anilines is 1. The van der Waals surface area contributed by atoms with Crippen LogP contribution in [0.1, 0.15) is 25.7 Å². The number of methoxy groups -OCH3 is 1. The van der Waals surface area contributed by atoms with E-state index < -0.39 is 11.9 Å². The lowest BCUT2D eigenvalue weighted by Gasteiger charge is -2.37. The fraction of sp³-hybridized carbons (Fsp3) is 0.579. The fourth-order valence-corrected chi connectivity index (χ4v) is 3.77. The van der Waals surface area contributed by atoms with Gasteiger partial charge in [-0.2, -0.15) is 0 Å². The number of nitrogens with one attached hydrogen (secondary N) is 1. The highest BCUT2D eigenvalue weighted by Crippen LogP contribution is 2.24. The van der Waals surface area contributed by atoms with Crippen molar-refractivity contribution in [3.05, 3.63) is 24.3 Å². The average Bonchev–Trinajstić information content (AvgIpc) is 2.68. The maximum absolute atomic E-state index is 12.6. The van der Waals surface area contributed by atoms with E-state index in [1.54, 1.807) is 12.0 Å². The maximum Gasteiger partial charge on any atom is 0.317 e. The lowest BCUT2D eigenvalue weighted by Crippen LogP contribution is -2.53. The zero-order valence-corrected chi connectivity index (χ0v) is 15.2. The van der Waals surface area contributed by atoms with E-state index in [0.717, 1.165) is 43.8 Å². The monoisotopic (exact) mass is 361 g/mol. The highest BCUT2D eigenvalue weighted by Gasteiger charge is 2.30. The lowest BCUT2D eigenvalue weighted by molar-refractivity contribution is -0.143. The summed E-state index contributed by atoms with van der Waals surface area (Å²) in [6, 6.07) is 7.86. The minimum absolute atomic E-state index is 0.0626. The first kappa shape index (κ1) is 18.4. The maximum atomic E-state index is 12.6. The predicted molar refractivity (Wildman–Crippen MR) is 98.7 cm³/mol. The van der Waals surface area contributed by atoms with Gasteiger partial charge in [0, 0.05) is 44.0 Å². The molecular weight excluding hydrogens is 334 g/mol. The first-order valence-corrected chi connectivity index (χ1v) is 9.24. The van der Waals surface area contributed by atoms with Gasteiger partial charge in [-0.05, 0) is 37.8 Å². The molecule has 2 saturated heterocycles. The summed E-state index contributed by atoms with van der Waals surface area (Å²) in [6.45, 7) is 2.62.